The summed E-state index contributed by atoms with van der Waals surface area (Å²) >= 11 is 18.7. The Labute approximate surface area is 268 Å². The number of aromatic amines is 3. The lowest BCUT2D eigenvalue weighted by Gasteiger charge is -1.90. The van der Waals surface area contributed by atoms with E-state index in [-0.39, 0.29) is 10.3 Å². The Kier molecular flexibility index (Phi) is 16.2. The van der Waals surface area contributed by atoms with Crippen LogP contribution in [0, 0.1) is 0 Å². The van der Waals surface area contributed by atoms with Crippen molar-refractivity contribution in [3.63, 3.8) is 0 Å². The maximum atomic E-state index is 10.4. The van der Waals surface area contributed by atoms with Crippen molar-refractivity contribution in [3.8, 4) is 0 Å². The quantitative estimate of drug-likeness (QED) is 0.148. The third kappa shape index (κ3) is 12.2. The lowest BCUT2D eigenvalue weighted by atomic mass is 10.5. The number of aldehydes is 1. The summed E-state index contributed by atoms with van der Waals surface area (Å²) in [7, 11) is 5.03. The zero-order valence-corrected chi connectivity index (χ0v) is 29.1. The molecule has 39 heavy (non-hydrogen) atoms. The first-order valence-corrected chi connectivity index (χ1v) is 14.2. The number of hydrogen-bond donors (Lipinski definition) is 4. The Morgan fingerprint density at radius 1 is 0.846 bits per heavy atom. The van der Waals surface area contributed by atoms with E-state index in [0.717, 1.165) is 9.21 Å². The number of H-pyrrole nitrogens is 3. The number of aromatic carboxylic acids is 1. The van der Waals surface area contributed by atoms with Crippen LogP contribution in [0.1, 0.15) is 21.0 Å². The van der Waals surface area contributed by atoms with E-state index in [1.807, 2.05) is 7.05 Å². The predicted molar refractivity (Wildman–Crippen MR) is 153 cm³/mol. The third-order valence-electron chi connectivity index (χ3n) is 3.49. The van der Waals surface area contributed by atoms with E-state index in [1.54, 1.807) is 24.1 Å². The van der Waals surface area contributed by atoms with Crippen molar-refractivity contribution in [2.45, 2.75) is 0 Å². The van der Waals surface area contributed by atoms with Gasteiger partial charge in [-0.05, 0) is 63.7 Å². The van der Waals surface area contributed by atoms with E-state index in [4.69, 9.17) is 5.11 Å². The summed E-state index contributed by atoms with van der Waals surface area (Å²) in [5.74, 6) is -1.04. The van der Waals surface area contributed by atoms with E-state index in [2.05, 4.69) is 157 Å². The largest absolute Gasteiger partial charge is 0.476 e. The highest BCUT2D eigenvalue weighted by Crippen LogP contribution is 2.15. The second-order valence-electron chi connectivity index (χ2n) is 6.08. The highest BCUT2D eigenvalue weighted by atomic mass is 79.9. The molecule has 5 rings (SSSR count). The van der Waals surface area contributed by atoms with Gasteiger partial charge in [0.1, 0.15) is 12.7 Å². The molecule has 24 heteroatoms. The summed E-state index contributed by atoms with van der Waals surface area (Å²) in [5.41, 5.74) is 0.509. The van der Waals surface area contributed by atoms with Crippen molar-refractivity contribution in [1.82, 2.24) is 71.1 Å². The van der Waals surface area contributed by atoms with Gasteiger partial charge in [0.25, 0.3) is 4.60 Å². The normalized spacial score (nSPS) is 9.46. The summed E-state index contributed by atoms with van der Waals surface area (Å²) in [4.78, 5) is 20.6. The predicted octanol–water partition coefficient (Wildman–Crippen LogP) is 2.56. The molecule has 0 aromatic carbocycles. The molecule has 0 unspecified atom stereocenters. The summed E-state index contributed by atoms with van der Waals surface area (Å²) in [6.45, 7) is 0. The number of aromatic nitrogens is 15. The van der Waals surface area contributed by atoms with Crippen molar-refractivity contribution in [2.24, 2.45) is 21.1 Å². The number of halogens is 6. The highest BCUT2D eigenvalue weighted by Gasteiger charge is 2.14. The number of carbonyl (C=O) groups excluding carboxylic acids is 1. The zero-order valence-electron chi connectivity index (χ0n) is 19.6. The van der Waals surface area contributed by atoms with Crippen molar-refractivity contribution in [1.29, 1.82) is 0 Å². The standard InChI is InChI=1S/C4H4BrN3O2.C4H4BrN3O.C3H3Br2N3.C2HBr2N3.C2H3N3/c1-8-2(4(9)10)3(5)6-7-8;1-8-3(2-9)4(5)6-7-8;1-8-3(5)2(4)6-7-8;3-1-2(4)6-7-5-1;1-2-4-5-3-1/h1H3,(H,9,10);2H,1H3;1H3;(H,5,6,7);1-2H,(H,3,4,5)/p+1. The highest BCUT2D eigenvalue weighted by molar-refractivity contribution is 9.13. The maximum absolute atomic E-state index is 10.4. The van der Waals surface area contributed by atoms with Crippen LogP contribution in [0.2, 0.25) is 0 Å². The molecule has 0 amide bonds. The van der Waals surface area contributed by atoms with Crippen LogP contribution in [0.4, 0.5) is 0 Å². The van der Waals surface area contributed by atoms with Crippen molar-refractivity contribution >= 4 is 108 Å². The lowest BCUT2D eigenvalue weighted by molar-refractivity contribution is -0.740. The van der Waals surface area contributed by atoms with Gasteiger partial charge >= 0.3 is 5.97 Å². The average molecular weight is 934 g/mol. The fraction of sp³-hybridized carbons (Fsp3) is 0.200. The van der Waals surface area contributed by atoms with Gasteiger partial charge in [0.05, 0.1) is 17.5 Å². The molecule has 0 saturated carbocycles. The summed E-state index contributed by atoms with van der Waals surface area (Å²) in [6.07, 6.45) is 3.87. The minimum Gasteiger partial charge on any atom is -0.476 e. The van der Waals surface area contributed by atoms with Crippen molar-refractivity contribution < 1.29 is 19.4 Å². The molecular formula is C15H16Br6N15O3+. The van der Waals surface area contributed by atoms with Crippen molar-refractivity contribution in [2.75, 3.05) is 0 Å². The molecule has 0 aliphatic heterocycles. The topological polar surface area (TPSA) is 231 Å². The van der Waals surface area contributed by atoms with Gasteiger partial charge in [-0.15, -0.1) is 20.4 Å². The van der Waals surface area contributed by atoms with Crippen LogP contribution in [0.5, 0.6) is 0 Å². The fourth-order valence-corrected chi connectivity index (χ4v) is 3.51. The number of carboxylic acid groups (broad SMARTS) is 1. The van der Waals surface area contributed by atoms with Crippen LogP contribution in [0.3, 0.4) is 0 Å². The van der Waals surface area contributed by atoms with E-state index in [0.29, 0.717) is 25.8 Å². The van der Waals surface area contributed by atoms with Gasteiger partial charge < -0.3 is 5.11 Å². The van der Waals surface area contributed by atoms with E-state index < -0.39 is 5.97 Å². The zero-order chi connectivity index (χ0) is 29.5. The summed E-state index contributed by atoms with van der Waals surface area (Å²) in [5, 5.41) is 48.2. The molecule has 210 valence electrons. The van der Waals surface area contributed by atoms with Crippen LogP contribution in [-0.2, 0) is 21.1 Å². The SMILES string of the molecule is Brc1n[nH]nc1Br.C[n+]1[nH]nc(Br)c1Br.Cn1nnc(Br)c1C(=O)O.Cn1nnc(Br)c1C=O.c1cn[nH]n1. The Balaban J connectivity index is 0.000000247. The number of aryl methyl sites for hydroxylation is 3. The molecule has 0 fully saturated rings. The second-order valence-corrected chi connectivity index (χ2v) is 10.6. The number of nitrogens with one attached hydrogen (secondary N) is 3. The van der Waals surface area contributed by atoms with E-state index in [9.17, 15) is 9.59 Å². The van der Waals surface area contributed by atoms with Gasteiger partial charge in [-0.25, -0.2) is 14.2 Å². The van der Waals surface area contributed by atoms with Gasteiger partial charge in [0.15, 0.2) is 30.4 Å². The fourth-order valence-electron chi connectivity index (χ4n) is 1.74. The number of nitrogens with zero attached hydrogens (tertiary/aromatic N) is 12. The molecule has 0 bridgehead atoms. The second kappa shape index (κ2) is 18.1. The van der Waals surface area contributed by atoms with Gasteiger partial charge in [0, 0.05) is 46.0 Å². The first-order chi connectivity index (χ1) is 18.4. The minimum absolute atomic E-state index is 0.0556. The number of carboxylic acids is 1. The van der Waals surface area contributed by atoms with Gasteiger partial charge in [-0.2, -0.15) is 25.3 Å². The van der Waals surface area contributed by atoms with Gasteiger partial charge in [0.2, 0.25) is 4.60 Å². The average Bonchev–Trinajstić information content (AvgIpc) is 3.73. The third-order valence-corrected chi connectivity index (χ3v) is 8.22. The Morgan fingerprint density at radius 2 is 1.38 bits per heavy atom. The van der Waals surface area contributed by atoms with Crippen LogP contribution < -0.4 is 4.68 Å². The molecule has 5 heterocycles. The Bertz CT molecular complexity index is 1340. The molecule has 0 spiro atoms. The van der Waals surface area contributed by atoms with Crippen molar-refractivity contribution in [3.05, 3.63) is 51.4 Å². The van der Waals surface area contributed by atoms with Crippen LogP contribution in [0.15, 0.2) is 40.0 Å². The molecule has 4 N–H and O–H groups in total. The number of rotatable bonds is 2. The van der Waals surface area contributed by atoms with Crippen LogP contribution in [0.25, 0.3) is 0 Å². The first-order valence-electron chi connectivity index (χ1n) is 9.46. The molecule has 0 atom stereocenters. The summed E-state index contributed by atoms with van der Waals surface area (Å²) < 4.78 is 8.19. The van der Waals surface area contributed by atoms with Gasteiger partial charge in [-0.3, -0.25) is 4.79 Å². The maximum Gasteiger partial charge on any atom is 0.357 e. The van der Waals surface area contributed by atoms with Gasteiger partial charge in [-0.1, -0.05) is 15.6 Å². The van der Waals surface area contributed by atoms with E-state index in [1.165, 1.54) is 16.4 Å². The first kappa shape index (κ1) is 34.7. The minimum atomic E-state index is -1.04. The molecule has 0 saturated heterocycles. The molecule has 5 aromatic rings. The number of carbonyl (C=O) groups is 2. The smallest absolute Gasteiger partial charge is 0.357 e. The van der Waals surface area contributed by atoms with E-state index >= 15 is 0 Å². The molecular weight excluding hydrogens is 918 g/mol. The number of hydrogen-bond acceptors (Lipinski definition) is 11. The van der Waals surface area contributed by atoms with Crippen LogP contribution in [-0.4, -0.2) is 88.5 Å². The molecule has 5 aromatic heterocycles. The molecule has 0 aliphatic rings. The lowest BCUT2D eigenvalue weighted by Crippen LogP contribution is -2.30. The molecule has 0 radical (unpaired) electrons. The monoisotopic (exact) mass is 928 g/mol. The summed E-state index contributed by atoms with van der Waals surface area (Å²) in [6, 6.07) is 0. The Hall–Kier alpha value is -2.28. The Morgan fingerprint density at radius 3 is 1.56 bits per heavy atom. The molecule has 18 nitrogen and oxygen atoms in total. The van der Waals surface area contributed by atoms with Crippen LogP contribution >= 0.6 is 95.6 Å². The molecule has 0 aliphatic carbocycles.